The first-order chi connectivity index (χ1) is 12.0. The molecule has 25 heavy (non-hydrogen) atoms. The summed E-state index contributed by atoms with van der Waals surface area (Å²) in [6.07, 6.45) is 2.76. The van der Waals surface area contributed by atoms with Gasteiger partial charge < -0.3 is 14.2 Å². The molecule has 0 atom stereocenters. The van der Waals surface area contributed by atoms with Crippen LogP contribution in [0, 0.1) is 0 Å². The van der Waals surface area contributed by atoms with E-state index in [0.29, 0.717) is 27.6 Å². The number of esters is 1. The quantitative estimate of drug-likeness (QED) is 0.427. The fraction of sp³-hybridized carbons (Fsp3) is 0.158. The number of carbonyl (C=O) groups is 2. The molecule has 2 rings (SSSR count). The van der Waals surface area contributed by atoms with Crippen LogP contribution >= 0.6 is 11.6 Å². The van der Waals surface area contributed by atoms with E-state index in [-0.39, 0.29) is 12.4 Å². The Morgan fingerprint density at radius 2 is 1.88 bits per heavy atom. The molecule has 0 aromatic heterocycles. The number of ether oxygens (including phenoxy) is 3. The summed E-state index contributed by atoms with van der Waals surface area (Å²) in [5.74, 6) is 0.244. The van der Waals surface area contributed by atoms with Crippen LogP contribution in [0.3, 0.4) is 0 Å². The number of rotatable bonds is 7. The van der Waals surface area contributed by atoms with E-state index in [9.17, 15) is 9.59 Å². The number of hydrogen-bond donors (Lipinski definition) is 0. The van der Waals surface area contributed by atoms with Gasteiger partial charge in [0.1, 0.15) is 11.5 Å². The standard InChI is InChI=1S/C19H17ClO5/c1-23-16-7-8-18(24-2)14(11-16)6-9-19(22)25-12-17(21)13-4-3-5-15(20)10-13/h3-11H,12H2,1-2H3. The number of ketones is 1. The van der Waals surface area contributed by atoms with Crippen LogP contribution in [-0.2, 0) is 9.53 Å². The predicted octanol–water partition coefficient (Wildman–Crippen LogP) is 3.80. The summed E-state index contributed by atoms with van der Waals surface area (Å²) in [5.41, 5.74) is 1.04. The molecular formula is C19H17ClO5. The first kappa shape index (κ1) is 18.5. The third-order valence-corrected chi connectivity index (χ3v) is 3.56. The van der Waals surface area contributed by atoms with Gasteiger partial charge in [0.05, 0.1) is 14.2 Å². The van der Waals surface area contributed by atoms with Gasteiger partial charge >= 0.3 is 5.97 Å². The molecule has 6 heteroatoms. The lowest BCUT2D eigenvalue weighted by molar-refractivity contribution is -0.136. The molecule has 0 aliphatic carbocycles. The van der Waals surface area contributed by atoms with Crippen LogP contribution in [0.5, 0.6) is 11.5 Å². The number of benzene rings is 2. The SMILES string of the molecule is COc1ccc(OC)c(C=CC(=O)OCC(=O)c2cccc(Cl)c2)c1. The van der Waals surface area contributed by atoms with Crippen molar-refractivity contribution in [1.29, 1.82) is 0 Å². The van der Waals surface area contributed by atoms with Crippen molar-refractivity contribution < 1.29 is 23.8 Å². The third kappa shape index (κ3) is 5.36. The van der Waals surface area contributed by atoms with Crippen molar-refractivity contribution in [2.75, 3.05) is 20.8 Å². The Hall–Kier alpha value is -2.79. The highest BCUT2D eigenvalue weighted by atomic mass is 35.5. The minimum Gasteiger partial charge on any atom is -0.497 e. The van der Waals surface area contributed by atoms with Gasteiger partial charge in [-0.2, -0.15) is 0 Å². The van der Waals surface area contributed by atoms with E-state index < -0.39 is 5.97 Å². The van der Waals surface area contributed by atoms with Gasteiger partial charge in [-0.3, -0.25) is 4.79 Å². The van der Waals surface area contributed by atoms with E-state index in [1.807, 2.05) is 0 Å². The molecule has 0 heterocycles. The van der Waals surface area contributed by atoms with Crippen LogP contribution in [0.15, 0.2) is 48.5 Å². The molecule has 0 aliphatic heterocycles. The number of carbonyl (C=O) groups excluding carboxylic acids is 2. The van der Waals surface area contributed by atoms with Crippen molar-refractivity contribution in [2.45, 2.75) is 0 Å². The zero-order valence-corrected chi connectivity index (χ0v) is 14.6. The van der Waals surface area contributed by atoms with Crippen LogP contribution in [0.2, 0.25) is 5.02 Å². The minimum absolute atomic E-state index is 0.330. The van der Waals surface area contributed by atoms with Crippen molar-refractivity contribution in [3.8, 4) is 11.5 Å². The maximum Gasteiger partial charge on any atom is 0.331 e. The van der Waals surface area contributed by atoms with E-state index >= 15 is 0 Å². The van der Waals surface area contributed by atoms with Gasteiger partial charge in [0, 0.05) is 22.2 Å². The topological polar surface area (TPSA) is 61.8 Å². The zero-order valence-electron chi connectivity index (χ0n) is 13.8. The largest absolute Gasteiger partial charge is 0.497 e. The summed E-state index contributed by atoms with van der Waals surface area (Å²) in [6.45, 7) is -0.362. The third-order valence-electron chi connectivity index (χ3n) is 3.33. The highest BCUT2D eigenvalue weighted by Gasteiger charge is 2.09. The summed E-state index contributed by atoms with van der Waals surface area (Å²) >= 11 is 5.83. The number of hydrogen-bond acceptors (Lipinski definition) is 5. The molecule has 2 aromatic rings. The van der Waals surface area contributed by atoms with Crippen molar-refractivity contribution in [3.63, 3.8) is 0 Å². The Balaban J connectivity index is 1.98. The molecule has 2 aromatic carbocycles. The summed E-state index contributed by atoms with van der Waals surface area (Å²) in [4.78, 5) is 23.8. The fourth-order valence-corrected chi connectivity index (χ4v) is 2.25. The highest BCUT2D eigenvalue weighted by Crippen LogP contribution is 2.25. The van der Waals surface area contributed by atoms with Crippen molar-refractivity contribution in [2.24, 2.45) is 0 Å². The van der Waals surface area contributed by atoms with Gasteiger partial charge in [-0.25, -0.2) is 4.79 Å². The van der Waals surface area contributed by atoms with Crippen LogP contribution in [0.1, 0.15) is 15.9 Å². The molecule has 0 fully saturated rings. The van der Waals surface area contributed by atoms with Gasteiger partial charge in [0.2, 0.25) is 0 Å². The molecule has 0 unspecified atom stereocenters. The van der Waals surface area contributed by atoms with Crippen LogP contribution in [0.4, 0.5) is 0 Å². The fourth-order valence-electron chi connectivity index (χ4n) is 2.06. The van der Waals surface area contributed by atoms with E-state index in [0.717, 1.165) is 0 Å². The van der Waals surface area contributed by atoms with Crippen molar-refractivity contribution in [3.05, 3.63) is 64.7 Å². The van der Waals surface area contributed by atoms with Gasteiger partial charge in [0.15, 0.2) is 12.4 Å². The lowest BCUT2D eigenvalue weighted by atomic mass is 10.1. The summed E-state index contributed by atoms with van der Waals surface area (Å²) in [6, 6.07) is 11.7. The minimum atomic E-state index is -0.639. The van der Waals surface area contributed by atoms with E-state index in [1.54, 1.807) is 43.5 Å². The van der Waals surface area contributed by atoms with Gasteiger partial charge in [-0.1, -0.05) is 23.7 Å². The number of Topliss-reactive ketones (excluding diaryl/α,β-unsaturated/α-hetero) is 1. The molecule has 0 N–H and O–H groups in total. The molecule has 5 nitrogen and oxygen atoms in total. The number of halogens is 1. The molecule has 130 valence electrons. The van der Waals surface area contributed by atoms with Gasteiger partial charge in [-0.05, 0) is 36.4 Å². The second-order valence-corrected chi connectivity index (χ2v) is 5.42. The average Bonchev–Trinajstić information content (AvgIpc) is 2.64. The maximum absolute atomic E-state index is 12.0. The van der Waals surface area contributed by atoms with Crippen LogP contribution in [0.25, 0.3) is 6.08 Å². The normalized spacial score (nSPS) is 10.5. The maximum atomic E-state index is 12.0. The molecule has 0 radical (unpaired) electrons. The Bertz CT molecular complexity index is 798. The van der Waals surface area contributed by atoms with Crippen molar-refractivity contribution >= 4 is 29.4 Å². The Kier molecular flexibility index (Phi) is 6.60. The molecule has 0 bridgehead atoms. The summed E-state index contributed by atoms with van der Waals surface area (Å²) < 4.78 is 15.3. The second kappa shape index (κ2) is 8.89. The first-order valence-electron chi connectivity index (χ1n) is 7.39. The van der Waals surface area contributed by atoms with Gasteiger partial charge in [-0.15, -0.1) is 0 Å². The zero-order chi connectivity index (χ0) is 18.2. The Morgan fingerprint density at radius 1 is 1.08 bits per heavy atom. The van der Waals surface area contributed by atoms with Crippen molar-refractivity contribution in [1.82, 2.24) is 0 Å². The Labute approximate surface area is 150 Å². The molecule has 0 spiro atoms. The van der Waals surface area contributed by atoms with Gasteiger partial charge in [0.25, 0.3) is 0 Å². The highest BCUT2D eigenvalue weighted by molar-refractivity contribution is 6.31. The second-order valence-electron chi connectivity index (χ2n) is 4.98. The predicted molar refractivity (Wildman–Crippen MR) is 95.3 cm³/mol. The lowest BCUT2D eigenvalue weighted by Crippen LogP contribution is -2.12. The molecule has 0 saturated carbocycles. The number of methoxy groups -OCH3 is 2. The molecule has 0 aliphatic rings. The smallest absolute Gasteiger partial charge is 0.331 e. The summed E-state index contributed by atoms with van der Waals surface area (Å²) in [5, 5.41) is 0.446. The summed E-state index contributed by atoms with van der Waals surface area (Å²) in [7, 11) is 3.08. The Morgan fingerprint density at radius 3 is 2.56 bits per heavy atom. The average molecular weight is 361 g/mol. The first-order valence-corrected chi connectivity index (χ1v) is 7.77. The van der Waals surface area contributed by atoms with E-state index in [1.165, 1.54) is 25.3 Å². The molecular weight excluding hydrogens is 344 g/mol. The van der Waals surface area contributed by atoms with Crippen LogP contribution in [-0.4, -0.2) is 32.6 Å². The monoisotopic (exact) mass is 360 g/mol. The lowest BCUT2D eigenvalue weighted by Gasteiger charge is -2.07. The van der Waals surface area contributed by atoms with E-state index in [4.69, 9.17) is 25.8 Å². The molecule has 0 amide bonds. The van der Waals surface area contributed by atoms with Crippen LogP contribution < -0.4 is 9.47 Å². The van der Waals surface area contributed by atoms with E-state index in [2.05, 4.69) is 0 Å². The molecule has 0 saturated heterocycles.